The Hall–Kier alpha value is -1.31. The third-order valence-electron chi connectivity index (χ3n) is 3.46. The van der Waals surface area contributed by atoms with Crippen LogP contribution in [0.15, 0.2) is 24.3 Å². The first-order valence-electron chi connectivity index (χ1n) is 7.45. The second-order valence-electron chi connectivity index (χ2n) is 5.65. The Morgan fingerprint density at radius 3 is 2.26 bits per heavy atom. The molecular formula is C17H27NO. The summed E-state index contributed by atoms with van der Waals surface area (Å²) in [6.45, 7) is 8.59. The summed E-state index contributed by atoms with van der Waals surface area (Å²) in [6.07, 6.45) is 4.70. The lowest BCUT2D eigenvalue weighted by Gasteiger charge is -2.14. The number of carbonyl (C=O) groups excluding carboxylic acids is 1. The smallest absolute Gasteiger partial charge is 0.251 e. The molecule has 0 fully saturated rings. The van der Waals surface area contributed by atoms with Gasteiger partial charge in [0.25, 0.3) is 5.91 Å². The fourth-order valence-corrected chi connectivity index (χ4v) is 2.10. The largest absolute Gasteiger partial charge is 0.350 e. The van der Waals surface area contributed by atoms with Crippen LogP contribution in [0.4, 0.5) is 0 Å². The first-order chi connectivity index (χ1) is 9.04. The molecule has 1 atom stereocenters. The van der Waals surface area contributed by atoms with Crippen molar-refractivity contribution < 1.29 is 4.79 Å². The molecule has 0 aromatic heterocycles. The fourth-order valence-electron chi connectivity index (χ4n) is 2.10. The Balaban J connectivity index is 2.48. The van der Waals surface area contributed by atoms with Crippen LogP contribution < -0.4 is 5.32 Å². The summed E-state index contributed by atoms with van der Waals surface area (Å²) >= 11 is 0. The van der Waals surface area contributed by atoms with Crippen molar-refractivity contribution in [2.24, 2.45) is 0 Å². The molecule has 2 nitrogen and oxygen atoms in total. The molecule has 0 saturated heterocycles. The molecule has 0 unspecified atom stereocenters. The molecule has 1 aromatic rings. The van der Waals surface area contributed by atoms with Gasteiger partial charge in [0, 0.05) is 11.6 Å². The van der Waals surface area contributed by atoms with E-state index in [1.807, 2.05) is 24.3 Å². The first-order valence-corrected chi connectivity index (χ1v) is 7.45. The van der Waals surface area contributed by atoms with Gasteiger partial charge in [0.2, 0.25) is 0 Å². The maximum atomic E-state index is 12.1. The lowest BCUT2D eigenvalue weighted by molar-refractivity contribution is 0.0938. The first kappa shape index (κ1) is 15.7. The average Bonchev–Trinajstić information content (AvgIpc) is 2.39. The fraction of sp³-hybridized carbons (Fsp3) is 0.588. The molecule has 0 saturated carbocycles. The van der Waals surface area contributed by atoms with Crippen LogP contribution in [0.1, 0.15) is 75.2 Å². The number of hydrogen-bond donors (Lipinski definition) is 1. The van der Waals surface area contributed by atoms with Crippen molar-refractivity contribution in [3.63, 3.8) is 0 Å². The molecule has 0 heterocycles. The van der Waals surface area contributed by atoms with Crippen LogP contribution in [-0.2, 0) is 0 Å². The molecule has 0 aliphatic carbocycles. The highest BCUT2D eigenvalue weighted by atomic mass is 16.1. The molecule has 106 valence electrons. The number of benzene rings is 1. The molecule has 0 aliphatic heterocycles. The van der Waals surface area contributed by atoms with Gasteiger partial charge in [0.1, 0.15) is 0 Å². The lowest BCUT2D eigenvalue weighted by Crippen LogP contribution is -2.32. The van der Waals surface area contributed by atoms with E-state index in [0.29, 0.717) is 5.92 Å². The van der Waals surface area contributed by atoms with Crippen LogP contribution in [0, 0.1) is 0 Å². The van der Waals surface area contributed by atoms with Crippen LogP contribution in [0.5, 0.6) is 0 Å². The summed E-state index contributed by atoms with van der Waals surface area (Å²) in [4.78, 5) is 12.1. The van der Waals surface area contributed by atoms with Gasteiger partial charge in [-0.25, -0.2) is 0 Å². The number of hydrogen-bond acceptors (Lipinski definition) is 1. The van der Waals surface area contributed by atoms with E-state index in [1.165, 1.54) is 24.8 Å². The summed E-state index contributed by atoms with van der Waals surface area (Å²) in [5, 5.41) is 3.06. The predicted octanol–water partition coefficient (Wildman–Crippen LogP) is 4.51. The van der Waals surface area contributed by atoms with Crippen molar-refractivity contribution in [3.8, 4) is 0 Å². The highest BCUT2D eigenvalue weighted by molar-refractivity contribution is 5.94. The molecule has 0 spiro atoms. The van der Waals surface area contributed by atoms with E-state index < -0.39 is 0 Å². The SMILES string of the molecule is CCCCC[C@@H](C)NC(=O)c1ccc(C(C)C)cc1. The molecule has 1 amide bonds. The number of rotatable bonds is 7. The van der Waals surface area contributed by atoms with Gasteiger partial charge in [-0.2, -0.15) is 0 Å². The van der Waals surface area contributed by atoms with E-state index in [-0.39, 0.29) is 11.9 Å². The van der Waals surface area contributed by atoms with Gasteiger partial charge in [-0.3, -0.25) is 4.79 Å². The zero-order valence-corrected chi connectivity index (χ0v) is 12.7. The van der Waals surface area contributed by atoms with Crippen molar-refractivity contribution in [1.82, 2.24) is 5.32 Å². The predicted molar refractivity (Wildman–Crippen MR) is 81.6 cm³/mol. The standard InChI is InChI=1S/C17H27NO/c1-5-6-7-8-14(4)18-17(19)16-11-9-15(10-12-16)13(2)3/h9-14H,5-8H2,1-4H3,(H,18,19)/t14-/m1/s1. The van der Waals surface area contributed by atoms with E-state index in [2.05, 4.69) is 33.0 Å². The molecule has 1 N–H and O–H groups in total. The second kappa shape index (κ2) is 7.98. The summed E-state index contributed by atoms with van der Waals surface area (Å²) in [5.41, 5.74) is 2.03. The van der Waals surface area contributed by atoms with Crippen LogP contribution in [0.2, 0.25) is 0 Å². The third-order valence-corrected chi connectivity index (χ3v) is 3.46. The average molecular weight is 261 g/mol. The van der Waals surface area contributed by atoms with E-state index in [4.69, 9.17) is 0 Å². The van der Waals surface area contributed by atoms with Crippen molar-refractivity contribution in [3.05, 3.63) is 35.4 Å². The van der Waals surface area contributed by atoms with Gasteiger partial charge >= 0.3 is 0 Å². The summed E-state index contributed by atoms with van der Waals surface area (Å²) in [6, 6.07) is 8.18. The maximum Gasteiger partial charge on any atom is 0.251 e. The maximum absolute atomic E-state index is 12.1. The minimum Gasteiger partial charge on any atom is -0.350 e. The summed E-state index contributed by atoms with van der Waals surface area (Å²) in [7, 11) is 0. The lowest BCUT2D eigenvalue weighted by atomic mass is 10.0. The Morgan fingerprint density at radius 1 is 1.11 bits per heavy atom. The Bertz CT molecular complexity index is 381. The molecule has 2 heteroatoms. The normalized spacial score (nSPS) is 12.5. The van der Waals surface area contributed by atoms with Crippen LogP contribution in [0.3, 0.4) is 0 Å². The van der Waals surface area contributed by atoms with Crippen molar-refractivity contribution >= 4 is 5.91 Å². The zero-order chi connectivity index (χ0) is 14.3. The van der Waals surface area contributed by atoms with Crippen LogP contribution in [0.25, 0.3) is 0 Å². The molecule has 1 rings (SSSR count). The molecule has 0 radical (unpaired) electrons. The molecule has 1 aromatic carbocycles. The highest BCUT2D eigenvalue weighted by Crippen LogP contribution is 2.14. The minimum absolute atomic E-state index is 0.0410. The minimum atomic E-state index is 0.0410. The highest BCUT2D eigenvalue weighted by Gasteiger charge is 2.09. The topological polar surface area (TPSA) is 29.1 Å². The van der Waals surface area contributed by atoms with Crippen LogP contribution >= 0.6 is 0 Å². The van der Waals surface area contributed by atoms with E-state index >= 15 is 0 Å². The summed E-state index contributed by atoms with van der Waals surface area (Å²) in [5.74, 6) is 0.546. The van der Waals surface area contributed by atoms with E-state index in [1.54, 1.807) is 0 Å². The Morgan fingerprint density at radius 2 is 1.74 bits per heavy atom. The van der Waals surface area contributed by atoms with Crippen molar-refractivity contribution in [2.45, 2.75) is 65.3 Å². The summed E-state index contributed by atoms with van der Waals surface area (Å²) < 4.78 is 0. The van der Waals surface area contributed by atoms with Gasteiger partial charge in [-0.05, 0) is 37.0 Å². The van der Waals surface area contributed by atoms with Gasteiger partial charge in [-0.15, -0.1) is 0 Å². The molecule has 0 bridgehead atoms. The van der Waals surface area contributed by atoms with Gasteiger partial charge in [-0.1, -0.05) is 52.2 Å². The quantitative estimate of drug-likeness (QED) is 0.719. The number of amides is 1. The van der Waals surface area contributed by atoms with Crippen LogP contribution in [-0.4, -0.2) is 11.9 Å². The molecular weight excluding hydrogens is 234 g/mol. The van der Waals surface area contributed by atoms with Gasteiger partial charge < -0.3 is 5.32 Å². The number of unbranched alkanes of at least 4 members (excludes halogenated alkanes) is 2. The Kier molecular flexibility index (Phi) is 6.61. The van der Waals surface area contributed by atoms with Crippen molar-refractivity contribution in [2.75, 3.05) is 0 Å². The van der Waals surface area contributed by atoms with Gasteiger partial charge in [0.05, 0.1) is 0 Å². The van der Waals surface area contributed by atoms with Gasteiger partial charge in [0.15, 0.2) is 0 Å². The molecule has 19 heavy (non-hydrogen) atoms. The Labute approximate surface area is 117 Å². The second-order valence-corrected chi connectivity index (χ2v) is 5.65. The van der Waals surface area contributed by atoms with Crippen molar-refractivity contribution in [1.29, 1.82) is 0 Å². The number of nitrogens with one attached hydrogen (secondary N) is 1. The monoisotopic (exact) mass is 261 g/mol. The van der Waals surface area contributed by atoms with E-state index in [9.17, 15) is 4.79 Å². The third kappa shape index (κ3) is 5.46. The zero-order valence-electron chi connectivity index (χ0n) is 12.7. The number of carbonyl (C=O) groups is 1. The molecule has 0 aliphatic rings. The van der Waals surface area contributed by atoms with E-state index in [0.717, 1.165) is 12.0 Å².